The molecule has 0 saturated carbocycles. The lowest BCUT2D eigenvalue weighted by atomic mass is 9.78. The number of rotatable bonds is 3. The number of likely N-dealkylation sites (N-methyl/N-ethyl adjacent to an activating group) is 1. The first-order valence-electron chi connectivity index (χ1n) is 10.1. The van der Waals surface area contributed by atoms with Crippen LogP contribution in [0.3, 0.4) is 0 Å². The van der Waals surface area contributed by atoms with Crippen molar-refractivity contribution in [2.45, 2.75) is 38.6 Å². The molecule has 1 aliphatic heterocycles. The predicted molar refractivity (Wildman–Crippen MR) is 112 cm³/mol. The van der Waals surface area contributed by atoms with Gasteiger partial charge in [0.05, 0.1) is 6.04 Å². The third kappa shape index (κ3) is 3.62. The van der Waals surface area contributed by atoms with Crippen molar-refractivity contribution >= 4 is 0 Å². The number of hydrogen-bond donors (Lipinski definition) is 0. The van der Waals surface area contributed by atoms with Crippen molar-refractivity contribution < 1.29 is 0 Å². The Morgan fingerprint density at radius 2 is 1.81 bits per heavy atom. The van der Waals surface area contributed by atoms with E-state index in [1.54, 1.807) is 11.1 Å². The number of allylic oxidation sites excluding steroid dienone is 13. The first-order chi connectivity index (χ1) is 12.8. The molecule has 1 heteroatoms. The second-order valence-electron chi connectivity index (χ2n) is 7.57. The fraction of sp³-hybridized carbons (Fsp3) is 0.360. The van der Waals surface area contributed by atoms with Crippen LogP contribution < -0.4 is 0 Å². The molecule has 3 atom stereocenters. The van der Waals surface area contributed by atoms with Gasteiger partial charge in [-0.3, -0.25) is 0 Å². The minimum absolute atomic E-state index is 0.527. The topological polar surface area (TPSA) is 3.24 Å². The Hall–Kier alpha value is -2.28. The van der Waals surface area contributed by atoms with Gasteiger partial charge in [-0.2, -0.15) is 0 Å². The Kier molecular flexibility index (Phi) is 5.24. The van der Waals surface area contributed by atoms with Gasteiger partial charge in [0, 0.05) is 18.4 Å². The Morgan fingerprint density at radius 3 is 2.65 bits per heavy atom. The summed E-state index contributed by atoms with van der Waals surface area (Å²) in [5.74, 6) is 1.12. The zero-order valence-electron chi connectivity index (χ0n) is 15.7. The maximum atomic E-state index is 2.49. The highest BCUT2D eigenvalue weighted by Gasteiger charge is 2.26. The summed E-state index contributed by atoms with van der Waals surface area (Å²) in [5.41, 5.74) is 4.66. The monoisotopic (exact) mass is 343 g/mol. The molecule has 26 heavy (non-hydrogen) atoms. The summed E-state index contributed by atoms with van der Waals surface area (Å²) in [6.07, 6.45) is 34.4. The van der Waals surface area contributed by atoms with Crippen LogP contribution in [0.15, 0.2) is 95.8 Å². The van der Waals surface area contributed by atoms with Crippen molar-refractivity contribution in [3.8, 4) is 0 Å². The van der Waals surface area contributed by atoms with Gasteiger partial charge in [0.2, 0.25) is 0 Å². The van der Waals surface area contributed by atoms with Crippen LogP contribution in [0.25, 0.3) is 0 Å². The quantitative estimate of drug-likeness (QED) is 0.603. The van der Waals surface area contributed by atoms with E-state index >= 15 is 0 Å². The highest BCUT2D eigenvalue weighted by atomic mass is 15.1. The lowest BCUT2D eigenvalue weighted by molar-refractivity contribution is 0.317. The number of hydrogen-bond acceptors (Lipinski definition) is 1. The van der Waals surface area contributed by atoms with E-state index in [0.29, 0.717) is 17.9 Å². The molecule has 4 aliphatic rings. The van der Waals surface area contributed by atoms with Crippen molar-refractivity contribution in [1.29, 1.82) is 0 Å². The smallest absolute Gasteiger partial charge is 0.0537 e. The average Bonchev–Trinajstić information content (AvgIpc) is 2.69. The molecule has 1 nitrogen and oxygen atoms in total. The summed E-state index contributed by atoms with van der Waals surface area (Å²) in [6.45, 7) is 3.31. The highest BCUT2D eigenvalue weighted by molar-refractivity contribution is 5.41. The van der Waals surface area contributed by atoms with Crippen LogP contribution in [-0.2, 0) is 0 Å². The molecule has 0 fully saturated rings. The summed E-state index contributed by atoms with van der Waals surface area (Å²) >= 11 is 0. The Morgan fingerprint density at radius 1 is 0.923 bits per heavy atom. The van der Waals surface area contributed by atoms with Gasteiger partial charge < -0.3 is 4.90 Å². The summed E-state index contributed by atoms with van der Waals surface area (Å²) < 4.78 is 0. The molecule has 1 heterocycles. The van der Waals surface area contributed by atoms with E-state index < -0.39 is 0 Å². The lowest BCUT2D eigenvalue weighted by Crippen LogP contribution is -2.34. The van der Waals surface area contributed by atoms with Gasteiger partial charge in [-0.15, -0.1) is 0 Å². The molecule has 3 unspecified atom stereocenters. The van der Waals surface area contributed by atoms with Crippen molar-refractivity contribution in [2.24, 2.45) is 11.8 Å². The first-order valence-corrected chi connectivity index (χ1v) is 10.1. The molecule has 0 aromatic rings. The molecule has 0 amide bonds. The Labute approximate surface area is 158 Å². The minimum Gasteiger partial charge on any atom is -0.371 e. The van der Waals surface area contributed by atoms with Gasteiger partial charge in [0.15, 0.2) is 0 Å². The zero-order chi connectivity index (χ0) is 17.8. The zero-order valence-corrected chi connectivity index (χ0v) is 15.7. The van der Waals surface area contributed by atoms with E-state index in [4.69, 9.17) is 0 Å². The van der Waals surface area contributed by atoms with Gasteiger partial charge >= 0.3 is 0 Å². The normalized spacial score (nSPS) is 32.7. The van der Waals surface area contributed by atoms with Gasteiger partial charge in [0.1, 0.15) is 0 Å². The van der Waals surface area contributed by atoms with E-state index in [1.165, 1.54) is 5.57 Å². The largest absolute Gasteiger partial charge is 0.371 e. The van der Waals surface area contributed by atoms with Crippen LogP contribution in [0.4, 0.5) is 0 Å². The molecule has 0 aromatic heterocycles. The van der Waals surface area contributed by atoms with Gasteiger partial charge in [-0.1, -0.05) is 72.4 Å². The second kappa shape index (κ2) is 7.95. The van der Waals surface area contributed by atoms with E-state index in [0.717, 1.165) is 32.2 Å². The maximum absolute atomic E-state index is 2.49. The number of fused-ring (bicyclic) bond motifs is 1. The van der Waals surface area contributed by atoms with Crippen LogP contribution in [-0.4, -0.2) is 17.5 Å². The van der Waals surface area contributed by atoms with E-state index in [-0.39, 0.29) is 0 Å². The molecule has 4 rings (SSSR count). The standard InChI is InChI=1S/C25H29N/c1-2-26-17-8-4-7-12-24-19-23(15-16-25(24)26)22-14-9-13-21(18-22)20-10-5-3-6-11-20/h3-10,13-15,17,19-20,22,25H,2,11-12,16,18H2,1H3/b7-4-,17-8-. The molecule has 134 valence electrons. The summed E-state index contributed by atoms with van der Waals surface area (Å²) in [4.78, 5) is 2.48. The average molecular weight is 344 g/mol. The van der Waals surface area contributed by atoms with Crippen molar-refractivity contribution in [3.63, 3.8) is 0 Å². The van der Waals surface area contributed by atoms with Gasteiger partial charge in [-0.05, 0) is 56.0 Å². The van der Waals surface area contributed by atoms with Crippen molar-refractivity contribution in [3.05, 3.63) is 95.8 Å². The molecular formula is C25H29N. The maximum Gasteiger partial charge on any atom is 0.0537 e. The van der Waals surface area contributed by atoms with Gasteiger partial charge in [0.25, 0.3) is 0 Å². The highest BCUT2D eigenvalue weighted by Crippen LogP contribution is 2.37. The van der Waals surface area contributed by atoms with Crippen LogP contribution >= 0.6 is 0 Å². The van der Waals surface area contributed by atoms with Crippen LogP contribution in [0.1, 0.15) is 32.6 Å². The fourth-order valence-corrected chi connectivity index (χ4v) is 4.51. The molecule has 0 N–H and O–H groups in total. The summed E-state index contributed by atoms with van der Waals surface area (Å²) in [6, 6.07) is 0.527. The predicted octanol–water partition coefficient (Wildman–Crippen LogP) is 6.04. The molecule has 0 radical (unpaired) electrons. The SMILES string of the molecule is CCN1/C=C\C=C/CC2=CC(C3C=CC=C(C4C=CC=CC4)C3)=CCC21. The van der Waals surface area contributed by atoms with Crippen LogP contribution in [0, 0.1) is 11.8 Å². The summed E-state index contributed by atoms with van der Waals surface area (Å²) in [7, 11) is 0. The van der Waals surface area contributed by atoms with Gasteiger partial charge in [-0.25, -0.2) is 0 Å². The Bertz CT molecular complexity index is 766. The molecule has 3 aliphatic carbocycles. The molecule has 0 spiro atoms. The molecule has 0 bridgehead atoms. The van der Waals surface area contributed by atoms with Crippen LogP contribution in [0.5, 0.6) is 0 Å². The minimum atomic E-state index is 0.527. The third-order valence-corrected chi connectivity index (χ3v) is 6.00. The van der Waals surface area contributed by atoms with Crippen molar-refractivity contribution in [1.82, 2.24) is 4.90 Å². The first kappa shape index (κ1) is 17.1. The second-order valence-corrected chi connectivity index (χ2v) is 7.57. The van der Waals surface area contributed by atoms with Crippen molar-refractivity contribution in [2.75, 3.05) is 6.54 Å². The van der Waals surface area contributed by atoms with E-state index in [2.05, 4.69) is 90.9 Å². The molecule has 0 aromatic carbocycles. The summed E-state index contributed by atoms with van der Waals surface area (Å²) in [5, 5.41) is 0. The molecule has 0 saturated heterocycles. The number of nitrogens with zero attached hydrogens (tertiary/aromatic N) is 1. The van der Waals surface area contributed by atoms with Crippen LogP contribution in [0.2, 0.25) is 0 Å². The lowest BCUT2D eigenvalue weighted by Gasteiger charge is -2.35. The third-order valence-electron chi connectivity index (χ3n) is 6.00. The van der Waals surface area contributed by atoms with E-state index in [1.807, 2.05) is 0 Å². The Balaban J connectivity index is 1.51. The molecular weight excluding hydrogens is 314 g/mol. The van der Waals surface area contributed by atoms with E-state index in [9.17, 15) is 0 Å². The fourth-order valence-electron chi connectivity index (χ4n) is 4.51.